The zero-order valence-corrected chi connectivity index (χ0v) is 9.79. The molecular weight excluding hydrogens is 236 g/mol. The molecule has 0 aliphatic carbocycles. The smallest absolute Gasteiger partial charge is 0.170 e. The molecule has 0 amide bonds. The molecule has 0 bridgehead atoms. The fourth-order valence-corrected chi connectivity index (χ4v) is 2.35. The van der Waals surface area contributed by atoms with Crippen LogP contribution in [-0.4, -0.2) is 10.6 Å². The lowest BCUT2D eigenvalue weighted by molar-refractivity contribution is 1.45. The van der Waals surface area contributed by atoms with Crippen molar-refractivity contribution in [3.05, 3.63) is 29.3 Å². The Kier molecular flexibility index (Phi) is 4.88. The van der Waals surface area contributed by atoms with Crippen LogP contribution in [0.4, 0.5) is 0 Å². The Labute approximate surface area is 96.4 Å². The van der Waals surface area contributed by atoms with Crippen LogP contribution in [-0.2, 0) is 0 Å². The standard InChI is InChI=1S/C9H7ClN2S2/c1-13-9(12-6-11)14-8-5-3-2-4-7(8)10/h2-5H,1H3. The van der Waals surface area contributed by atoms with Crippen molar-refractivity contribution in [2.45, 2.75) is 4.90 Å². The van der Waals surface area contributed by atoms with Crippen molar-refractivity contribution in [2.75, 3.05) is 6.26 Å². The molecule has 0 aromatic heterocycles. The Hall–Kier alpha value is -0.630. The third kappa shape index (κ3) is 3.26. The number of hydrogen-bond acceptors (Lipinski definition) is 4. The predicted molar refractivity (Wildman–Crippen MR) is 63.9 cm³/mol. The molecular formula is C9H7ClN2S2. The average molecular weight is 243 g/mol. The van der Waals surface area contributed by atoms with Gasteiger partial charge in [-0.2, -0.15) is 10.3 Å². The number of rotatable bonds is 1. The lowest BCUT2D eigenvalue weighted by Crippen LogP contribution is -1.83. The lowest BCUT2D eigenvalue weighted by Gasteiger charge is -2.02. The maximum absolute atomic E-state index is 8.42. The third-order valence-electron chi connectivity index (χ3n) is 1.35. The largest absolute Gasteiger partial charge is 0.207 e. The summed E-state index contributed by atoms with van der Waals surface area (Å²) < 4.78 is 0.695. The van der Waals surface area contributed by atoms with E-state index in [0.29, 0.717) is 9.40 Å². The fourth-order valence-electron chi connectivity index (χ4n) is 0.773. The number of nitriles is 1. The molecule has 1 aromatic carbocycles. The van der Waals surface area contributed by atoms with Gasteiger partial charge in [-0.15, -0.1) is 11.8 Å². The van der Waals surface area contributed by atoms with E-state index in [4.69, 9.17) is 16.9 Å². The number of thioether (sulfide) groups is 2. The molecule has 72 valence electrons. The van der Waals surface area contributed by atoms with E-state index in [-0.39, 0.29) is 0 Å². The SMILES string of the molecule is CSC(=NC#N)Sc1ccccc1Cl. The molecule has 1 aromatic rings. The van der Waals surface area contributed by atoms with Crippen molar-refractivity contribution in [3.8, 4) is 6.19 Å². The van der Waals surface area contributed by atoms with Gasteiger partial charge < -0.3 is 0 Å². The zero-order chi connectivity index (χ0) is 10.4. The quantitative estimate of drug-likeness (QED) is 0.327. The molecule has 0 spiro atoms. The number of aliphatic imine (C=N–C) groups is 1. The van der Waals surface area contributed by atoms with Gasteiger partial charge in [-0.05, 0) is 18.4 Å². The maximum Gasteiger partial charge on any atom is 0.207 e. The summed E-state index contributed by atoms with van der Waals surface area (Å²) in [5.74, 6) is 0. The minimum Gasteiger partial charge on any atom is -0.170 e. The lowest BCUT2D eigenvalue weighted by atomic mass is 10.4. The van der Waals surface area contributed by atoms with Crippen LogP contribution in [0, 0.1) is 11.5 Å². The Balaban J connectivity index is 2.84. The fraction of sp³-hybridized carbons (Fsp3) is 0.111. The normalized spacial score (nSPS) is 11.1. The summed E-state index contributed by atoms with van der Waals surface area (Å²) in [7, 11) is 0. The first-order valence-corrected chi connectivity index (χ1v) is 6.13. The summed E-state index contributed by atoms with van der Waals surface area (Å²) in [6, 6.07) is 7.48. The molecule has 1 rings (SSSR count). The molecule has 0 fully saturated rings. The van der Waals surface area contributed by atoms with Gasteiger partial charge in [-0.3, -0.25) is 0 Å². The summed E-state index contributed by atoms with van der Waals surface area (Å²) in [6.07, 6.45) is 3.64. The molecule has 2 nitrogen and oxygen atoms in total. The highest BCUT2D eigenvalue weighted by Crippen LogP contribution is 2.30. The van der Waals surface area contributed by atoms with E-state index in [1.807, 2.05) is 30.5 Å². The monoisotopic (exact) mass is 242 g/mol. The van der Waals surface area contributed by atoms with Crippen LogP contribution in [0.3, 0.4) is 0 Å². The second-order valence-electron chi connectivity index (χ2n) is 2.21. The van der Waals surface area contributed by atoms with Crippen LogP contribution < -0.4 is 0 Å². The molecule has 0 aliphatic rings. The Morgan fingerprint density at radius 1 is 1.50 bits per heavy atom. The molecule has 14 heavy (non-hydrogen) atoms. The number of hydrogen-bond donors (Lipinski definition) is 0. The molecule has 5 heteroatoms. The van der Waals surface area contributed by atoms with Gasteiger partial charge in [0.1, 0.15) is 4.38 Å². The van der Waals surface area contributed by atoms with E-state index in [2.05, 4.69) is 4.99 Å². The molecule has 0 aliphatic heterocycles. The highest BCUT2D eigenvalue weighted by molar-refractivity contribution is 8.38. The van der Waals surface area contributed by atoms with Gasteiger partial charge in [0.25, 0.3) is 0 Å². The molecule has 0 atom stereocenters. The van der Waals surface area contributed by atoms with E-state index in [1.54, 1.807) is 6.19 Å². The summed E-state index contributed by atoms with van der Waals surface area (Å²) in [5, 5.41) is 9.10. The molecule has 0 N–H and O–H groups in total. The van der Waals surface area contributed by atoms with E-state index < -0.39 is 0 Å². The summed E-state index contributed by atoms with van der Waals surface area (Å²) in [4.78, 5) is 4.58. The Morgan fingerprint density at radius 3 is 2.79 bits per heavy atom. The van der Waals surface area contributed by atoms with Gasteiger partial charge in [-0.25, -0.2) is 0 Å². The van der Waals surface area contributed by atoms with E-state index in [1.165, 1.54) is 23.5 Å². The number of halogens is 1. The van der Waals surface area contributed by atoms with Gasteiger partial charge >= 0.3 is 0 Å². The van der Waals surface area contributed by atoms with Crippen molar-refractivity contribution < 1.29 is 0 Å². The van der Waals surface area contributed by atoms with Crippen molar-refractivity contribution in [3.63, 3.8) is 0 Å². The first kappa shape index (κ1) is 11.4. The number of nitrogens with zero attached hydrogens (tertiary/aromatic N) is 2. The average Bonchev–Trinajstić information content (AvgIpc) is 2.20. The molecule has 0 saturated carbocycles. The van der Waals surface area contributed by atoms with Crippen LogP contribution in [0.5, 0.6) is 0 Å². The number of benzene rings is 1. The van der Waals surface area contributed by atoms with Crippen molar-refractivity contribution in [1.29, 1.82) is 5.26 Å². The topological polar surface area (TPSA) is 36.1 Å². The first-order chi connectivity index (χ1) is 6.77. The van der Waals surface area contributed by atoms with Crippen LogP contribution in [0.25, 0.3) is 0 Å². The first-order valence-electron chi connectivity index (χ1n) is 3.71. The minimum absolute atomic E-state index is 0.678. The van der Waals surface area contributed by atoms with Gasteiger partial charge in [0.15, 0.2) is 0 Å². The Morgan fingerprint density at radius 2 is 2.21 bits per heavy atom. The van der Waals surface area contributed by atoms with Crippen molar-refractivity contribution >= 4 is 39.5 Å². The van der Waals surface area contributed by atoms with E-state index in [0.717, 1.165) is 4.90 Å². The Bertz CT molecular complexity index is 385. The second kappa shape index (κ2) is 5.97. The van der Waals surface area contributed by atoms with Gasteiger partial charge in [0, 0.05) is 4.90 Å². The van der Waals surface area contributed by atoms with Crippen LogP contribution in [0.2, 0.25) is 5.02 Å². The molecule has 0 unspecified atom stereocenters. The van der Waals surface area contributed by atoms with Crippen LogP contribution in [0.15, 0.2) is 34.2 Å². The van der Waals surface area contributed by atoms with Crippen molar-refractivity contribution in [2.24, 2.45) is 4.99 Å². The molecule has 0 saturated heterocycles. The summed E-state index contributed by atoms with van der Waals surface area (Å²) in [5.41, 5.74) is 0. The maximum atomic E-state index is 8.42. The van der Waals surface area contributed by atoms with E-state index in [9.17, 15) is 0 Å². The predicted octanol–water partition coefficient (Wildman–Crippen LogP) is 3.63. The van der Waals surface area contributed by atoms with Gasteiger partial charge in [-0.1, -0.05) is 35.5 Å². The van der Waals surface area contributed by atoms with Crippen LogP contribution in [0.1, 0.15) is 0 Å². The molecule has 0 radical (unpaired) electrons. The summed E-state index contributed by atoms with van der Waals surface area (Å²) in [6.45, 7) is 0. The van der Waals surface area contributed by atoms with E-state index >= 15 is 0 Å². The highest BCUT2D eigenvalue weighted by Gasteiger charge is 2.04. The van der Waals surface area contributed by atoms with Crippen molar-refractivity contribution in [1.82, 2.24) is 0 Å². The molecule has 0 heterocycles. The highest BCUT2D eigenvalue weighted by atomic mass is 35.5. The van der Waals surface area contributed by atoms with Crippen LogP contribution >= 0.6 is 35.1 Å². The zero-order valence-electron chi connectivity index (χ0n) is 7.40. The third-order valence-corrected chi connectivity index (χ3v) is 3.82. The minimum atomic E-state index is 0.678. The second-order valence-corrected chi connectivity index (χ2v) is 4.71. The van der Waals surface area contributed by atoms with Gasteiger partial charge in [0.2, 0.25) is 6.19 Å². The summed E-state index contributed by atoms with van der Waals surface area (Å²) >= 11 is 8.79. The van der Waals surface area contributed by atoms with Gasteiger partial charge in [0.05, 0.1) is 5.02 Å².